The number of halogens is 1. The zero-order valence-electron chi connectivity index (χ0n) is 17.6. The third kappa shape index (κ3) is 4.09. The van der Waals surface area contributed by atoms with E-state index < -0.39 is 11.5 Å². The lowest BCUT2D eigenvalue weighted by atomic mass is 9.96. The largest absolute Gasteiger partial charge is 0.481 e. The number of rotatable bonds is 6. The Hall–Kier alpha value is -3.64. The van der Waals surface area contributed by atoms with Crippen LogP contribution < -0.4 is 10.3 Å². The van der Waals surface area contributed by atoms with Crippen LogP contribution in [0.3, 0.4) is 0 Å². The fraction of sp³-hybridized carbons (Fsp3) is 0.160. The SMILES string of the molecule is Cc1c(-c2ccc(Cl)cc2)c(CC(=O)O)n(C)c(=O)c1OCc1nccc2ccccc12. The summed E-state index contributed by atoms with van der Waals surface area (Å²) in [6.07, 6.45) is 1.41. The molecule has 0 saturated carbocycles. The normalized spacial score (nSPS) is 11.0. The average molecular weight is 449 g/mol. The summed E-state index contributed by atoms with van der Waals surface area (Å²) in [6.45, 7) is 1.87. The molecule has 0 saturated heterocycles. The standard InChI is InChI=1S/C25H21ClN2O4/c1-15-23(17-7-9-18(26)10-8-17)21(13-22(29)30)28(2)25(31)24(15)32-14-20-19-6-4-3-5-16(19)11-12-27-20/h3-12H,13-14H2,1-2H3,(H,29,30). The highest BCUT2D eigenvalue weighted by molar-refractivity contribution is 6.30. The highest BCUT2D eigenvalue weighted by atomic mass is 35.5. The highest BCUT2D eigenvalue weighted by Crippen LogP contribution is 2.32. The van der Waals surface area contributed by atoms with Gasteiger partial charge in [0.1, 0.15) is 6.61 Å². The van der Waals surface area contributed by atoms with Gasteiger partial charge in [-0.3, -0.25) is 14.6 Å². The maximum absolute atomic E-state index is 13.1. The summed E-state index contributed by atoms with van der Waals surface area (Å²) >= 11 is 6.04. The molecule has 2 aromatic carbocycles. The second-order valence-electron chi connectivity index (χ2n) is 7.48. The minimum absolute atomic E-state index is 0.107. The Morgan fingerprint density at radius 2 is 1.84 bits per heavy atom. The maximum atomic E-state index is 13.1. The van der Waals surface area contributed by atoms with Crippen molar-refractivity contribution >= 4 is 28.3 Å². The third-order valence-electron chi connectivity index (χ3n) is 5.47. The van der Waals surface area contributed by atoms with E-state index in [1.807, 2.05) is 30.3 Å². The molecule has 7 heteroatoms. The number of aromatic nitrogens is 2. The average Bonchev–Trinajstić information content (AvgIpc) is 2.78. The predicted octanol–water partition coefficient (Wildman–Crippen LogP) is 4.77. The molecule has 0 atom stereocenters. The molecule has 0 radical (unpaired) electrons. The van der Waals surface area contributed by atoms with Crippen LogP contribution in [0, 0.1) is 6.92 Å². The fourth-order valence-corrected chi connectivity index (χ4v) is 4.02. The Labute approximate surface area is 189 Å². The first-order chi connectivity index (χ1) is 15.4. The van der Waals surface area contributed by atoms with Gasteiger partial charge >= 0.3 is 5.97 Å². The first kappa shape index (κ1) is 21.6. The first-order valence-corrected chi connectivity index (χ1v) is 10.4. The summed E-state index contributed by atoms with van der Waals surface area (Å²) < 4.78 is 7.36. The molecule has 0 spiro atoms. The van der Waals surface area contributed by atoms with Crippen molar-refractivity contribution in [1.82, 2.24) is 9.55 Å². The van der Waals surface area contributed by atoms with E-state index in [4.69, 9.17) is 16.3 Å². The van der Waals surface area contributed by atoms with Crippen molar-refractivity contribution in [2.24, 2.45) is 7.05 Å². The molecule has 0 amide bonds. The zero-order chi connectivity index (χ0) is 22.8. The number of hydrogen-bond donors (Lipinski definition) is 1. The Bertz CT molecular complexity index is 1370. The third-order valence-corrected chi connectivity index (χ3v) is 5.72. The van der Waals surface area contributed by atoms with Crippen molar-refractivity contribution < 1.29 is 14.6 Å². The number of carboxylic acids is 1. The predicted molar refractivity (Wildman–Crippen MR) is 124 cm³/mol. The monoisotopic (exact) mass is 448 g/mol. The molecule has 0 bridgehead atoms. The summed E-state index contributed by atoms with van der Waals surface area (Å²) in [5, 5.41) is 12.0. The number of hydrogen-bond acceptors (Lipinski definition) is 4. The van der Waals surface area contributed by atoms with Crippen LogP contribution in [0.15, 0.2) is 65.6 Å². The summed E-state index contributed by atoms with van der Waals surface area (Å²) in [7, 11) is 1.56. The van der Waals surface area contributed by atoms with Crippen LogP contribution in [0.2, 0.25) is 5.02 Å². The van der Waals surface area contributed by atoms with Crippen LogP contribution >= 0.6 is 11.6 Å². The topological polar surface area (TPSA) is 81.4 Å². The van der Waals surface area contributed by atoms with E-state index in [9.17, 15) is 14.7 Å². The number of carboxylic acid groups (broad SMARTS) is 1. The lowest BCUT2D eigenvalue weighted by Crippen LogP contribution is -2.26. The van der Waals surface area contributed by atoms with Crippen molar-refractivity contribution in [2.75, 3.05) is 0 Å². The molecule has 2 aromatic heterocycles. The minimum Gasteiger partial charge on any atom is -0.481 e. The molecule has 4 rings (SSSR count). The van der Waals surface area contributed by atoms with E-state index in [0.717, 1.165) is 16.3 Å². The van der Waals surface area contributed by atoms with Gasteiger partial charge in [0.2, 0.25) is 0 Å². The molecule has 0 fully saturated rings. The summed E-state index contributed by atoms with van der Waals surface area (Å²) in [4.78, 5) is 29.1. The van der Waals surface area contributed by atoms with E-state index in [-0.39, 0.29) is 18.8 Å². The van der Waals surface area contributed by atoms with Gasteiger partial charge in [0.05, 0.1) is 12.1 Å². The number of nitrogens with zero attached hydrogens (tertiary/aromatic N) is 2. The van der Waals surface area contributed by atoms with Crippen LogP contribution in [-0.4, -0.2) is 20.6 Å². The van der Waals surface area contributed by atoms with Gasteiger partial charge in [-0.15, -0.1) is 0 Å². The van der Waals surface area contributed by atoms with Crippen molar-refractivity contribution in [3.8, 4) is 16.9 Å². The minimum atomic E-state index is -1.02. The summed E-state index contributed by atoms with van der Waals surface area (Å²) in [5.41, 5.74) is 2.70. The van der Waals surface area contributed by atoms with E-state index in [1.54, 1.807) is 44.4 Å². The fourth-order valence-electron chi connectivity index (χ4n) is 3.89. The van der Waals surface area contributed by atoms with Crippen LogP contribution in [0.25, 0.3) is 21.9 Å². The van der Waals surface area contributed by atoms with Crippen molar-refractivity contribution in [3.63, 3.8) is 0 Å². The maximum Gasteiger partial charge on any atom is 0.309 e. The van der Waals surface area contributed by atoms with Crippen molar-refractivity contribution in [1.29, 1.82) is 0 Å². The number of benzene rings is 2. The Kier molecular flexibility index (Phi) is 5.97. The molecule has 0 unspecified atom stereocenters. The van der Waals surface area contributed by atoms with Crippen LogP contribution in [0.5, 0.6) is 5.75 Å². The molecule has 162 valence electrons. The van der Waals surface area contributed by atoms with E-state index in [2.05, 4.69) is 4.98 Å². The lowest BCUT2D eigenvalue weighted by Gasteiger charge is -2.19. The zero-order valence-corrected chi connectivity index (χ0v) is 18.4. The Balaban J connectivity index is 1.82. The van der Waals surface area contributed by atoms with E-state index >= 15 is 0 Å². The molecule has 2 heterocycles. The van der Waals surface area contributed by atoms with Gasteiger partial charge in [0, 0.05) is 40.5 Å². The Morgan fingerprint density at radius 1 is 1.12 bits per heavy atom. The lowest BCUT2D eigenvalue weighted by molar-refractivity contribution is -0.136. The Morgan fingerprint density at radius 3 is 2.56 bits per heavy atom. The summed E-state index contributed by atoms with van der Waals surface area (Å²) in [5.74, 6) is -0.857. The van der Waals surface area contributed by atoms with E-state index in [1.165, 1.54) is 4.57 Å². The number of ether oxygens (including phenoxy) is 1. The van der Waals surface area contributed by atoms with Crippen LogP contribution in [-0.2, 0) is 24.9 Å². The molecular weight excluding hydrogens is 428 g/mol. The van der Waals surface area contributed by atoms with Gasteiger partial charge in [-0.1, -0.05) is 48.0 Å². The van der Waals surface area contributed by atoms with Crippen LogP contribution in [0.4, 0.5) is 0 Å². The first-order valence-electron chi connectivity index (χ1n) is 10.0. The number of carbonyl (C=O) groups is 1. The van der Waals surface area contributed by atoms with E-state index in [0.29, 0.717) is 27.5 Å². The van der Waals surface area contributed by atoms with Gasteiger partial charge in [-0.25, -0.2) is 0 Å². The van der Waals surface area contributed by atoms with Gasteiger partial charge in [0.25, 0.3) is 5.56 Å². The van der Waals surface area contributed by atoms with Gasteiger partial charge in [-0.2, -0.15) is 0 Å². The smallest absolute Gasteiger partial charge is 0.309 e. The van der Waals surface area contributed by atoms with Gasteiger partial charge < -0.3 is 14.4 Å². The molecule has 0 aliphatic rings. The molecule has 32 heavy (non-hydrogen) atoms. The molecule has 4 aromatic rings. The van der Waals surface area contributed by atoms with Crippen LogP contribution in [0.1, 0.15) is 17.0 Å². The molecule has 0 aliphatic heterocycles. The highest BCUT2D eigenvalue weighted by Gasteiger charge is 2.22. The molecular formula is C25H21ClN2O4. The number of aliphatic carboxylic acids is 1. The van der Waals surface area contributed by atoms with Gasteiger partial charge in [0.15, 0.2) is 5.75 Å². The van der Waals surface area contributed by atoms with Crippen molar-refractivity contribution in [3.05, 3.63) is 93.1 Å². The quantitative estimate of drug-likeness (QED) is 0.459. The second kappa shape index (κ2) is 8.85. The molecule has 6 nitrogen and oxygen atoms in total. The summed E-state index contributed by atoms with van der Waals surface area (Å²) in [6, 6.07) is 16.8. The number of pyridine rings is 2. The second-order valence-corrected chi connectivity index (χ2v) is 7.92. The van der Waals surface area contributed by atoms with Crippen molar-refractivity contribution in [2.45, 2.75) is 20.0 Å². The number of fused-ring (bicyclic) bond motifs is 1. The van der Waals surface area contributed by atoms with Gasteiger partial charge in [-0.05, 0) is 36.1 Å². The molecule has 0 aliphatic carbocycles. The molecule has 1 N–H and O–H groups in total.